The number of benzene rings is 1. The van der Waals surface area contributed by atoms with Crippen molar-refractivity contribution in [3.63, 3.8) is 0 Å². The Morgan fingerprint density at radius 3 is 2.84 bits per heavy atom. The van der Waals surface area contributed by atoms with Crippen LogP contribution in [0, 0.1) is 12.8 Å². The number of halogens is 1. The summed E-state index contributed by atoms with van der Waals surface area (Å²) >= 11 is 3.31. The SMILES string of the molecule is Cc1oncc1NC(=O)N1CCC(=Cc2cccc(Oc3ncc(Br)cn3)c2)C(C)C1. The van der Waals surface area contributed by atoms with Crippen molar-refractivity contribution < 1.29 is 14.1 Å². The number of aryl methyl sites for hydroxylation is 1. The number of aromatic nitrogens is 3. The van der Waals surface area contributed by atoms with Gasteiger partial charge >= 0.3 is 12.0 Å². The molecule has 1 unspecified atom stereocenters. The highest BCUT2D eigenvalue weighted by Crippen LogP contribution is 2.27. The number of piperidine rings is 1. The lowest BCUT2D eigenvalue weighted by Gasteiger charge is -2.33. The summed E-state index contributed by atoms with van der Waals surface area (Å²) < 4.78 is 11.5. The minimum atomic E-state index is -0.137. The van der Waals surface area contributed by atoms with Gasteiger partial charge < -0.3 is 19.5 Å². The standard InChI is InChI=1S/C22H22BrN5O3/c1-14-13-28(22(29)27-20-12-26-31-15(20)2)7-6-17(14)8-16-4-3-5-19(9-16)30-21-24-10-18(23)11-25-21/h3-5,8-12,14H,6-7,13H2,1-2H3,(H,27,29). The van der Waals surface area contributed by atoms with Gasteiger partial charge in [0.25, 0.3) is 0 Å². The molecule has 8 nitrogen and oxygen atoms in total. The van der Waals surface area contributed by atoms with Gasteiger partial charge in [-0.15, -0.1) is 0 Å². The summed E-state index contributed by atoms with van der Waals surface area (Å²) in [6.45, 7) is 5.19. The van der Waals surface area contributed by atoms with Crippen molar-refractivity contribution in [3.05, 3.63) is 64.2 Å². The average molecular weight is 484 g/mol. The number of ether oxygens (including phenoxy) is 1. The summed E-state index contributed by atoms with van der Waals surface area (Å²) in [5.74, 6) is 1.50. The molecule has 3 aromatic rings. The molecule has 1 aliphatic heterocycles. The van der Waals surface area contributed by atoms with Crippen LogP contribution in [0.1, 0.15) is 24.7 Å². The zero-order chi connectivity index (χ0) is 21.8. The van der Waals surface area contributed by atoms with Gasteiger partial charge in [0, 0.05) is 25.5 Å². The Morgan fingerprint density at radius 1 is 1.32 bits per heavy atom. The second kappa shape index (κ2) is 9.30. The third-order valence-corrected chi connectivity index (χ3v) is 5.50. The highest BCUT2D eigenvalue weighted by molar-refractivity contribution is 9.10. The van der Waals surface area contributed by atoms with E-state index in [1.807, 2.05) is 29.2 Å². The van der Waals surface area contributed by atoms with Gasteiger partial charge in [-0.05, 0) is 52.9 Å². The van der Waals surface area contributed by atoms with Crippen LogP contribution in [0.3, 0.4) is 0 Å². The molecule has 4 rings (SSSR count). The molecule has 160 valence electrons. The van der Waals surface area contributed by atoms with Gasteiger partial charge in [0.2, 0.25) is 0 Å². The highest BCUT2D eigenvalue weighted by atomic mass is 79.9. The first-order chi connectivity index (χ1) is 15.0. The average Bonchev–Trinajstić information content (AvgIpc) is 3.16. The molecule has 1 atom stereocenters. The van der Waals surface area contributed by atoms with E-state index >= 15 is 0 Å². The maximum Gasteiger partial charge on any atom is 0.322 e. The van der Waals surface area contributed by atoms with Gasteiger partial charge in [0.05, 0.1) is 10.7 Å². The van der Waals surface area contributed by atoms with Crippen LogP contribution in [0.2, 0.25) is 0 Å². The first-order valence-corrected chi connectivity index (χ1v) is 10.7. The van der Waals surface area contributed by atoms with Crippen LogP contribution in [0.4, 0.5) is 10.5 Å². The van der Waals surface area contributed by atoms with E-state index in [0.717, 1.165) is 16.5 Å². The second-order valence-electron chi connectivity index (χ2n) is 7.40. The van der Waals surface area contributed by atoms with Gasteiger partial charge in [-0.25, -0.2) is 14.8 Å². The normalized spacial score (nSPS) is 17.6. The topological polar surface area (TPSA) is 93.4 Å². The predicted molar refractivity (Wildman–Crippen MR) is 120 cm³/mol. The maximum absolute atomic E-state index is 12.6. The number of carbonyl (C=O) groups excluding carboxylic acids is 1. The molecule has 0 spiro atoms. The Kier molecular flexibility index (Phi) is 6.31. The summed E-state index contributed by atoms with van der Waals surface area (Å²) in [5.41, 5.74) is 2.93. The number of nitrogens with one attached hydrogen (secondary N) is 1. The Labute approximate surface area is 188 Å². The number of likely N-dealkylation sites (tertiary alicyclic amines) is 1. The van der Waals surface area contributed by atoms with Crippen molar-refractivity contribution in [1.29, 1.82) is 0 Å². The van der Waals surface area contributed by atoms with E-state index in [1.165, 1.54) is 11.8 Å². The lowest BCUT2D eigenvalue weighted by atomic mass is 9.91. The molecule has 2 amide bonds. The molecule has 0 saturated carbocycles. The van der Waals surface area contributed by atoms with Crippen molar-refractivity contribution in [3.8, 4) is 11.8 Å². The smallest absolute Gasteiger partial charge is 0.322 e. The molecule has 2 aromatic heterocycles. The quantitative estimate of drug-likeness (QED) is 0.541. The third-order valence-electron chi connectivity index (χ3n) is 5.09. The number of amides is 2. The summed E-state index contributed by atoms with van der Waals surface area (Å²) in [4.78, 5) is 22.7. The van der Waals surface area contributed by atoms with E-state index in [9.17, 15) is 4.79 Å². The molecule has 1 fully saturated rings. The lowest BCUT2D eigenvalue weighted by Crippen LogP contribution is -2.42. The van der Waals surface area contributed by atoms with Gasteiger partial charge in [0.15, 0.2) is 5.76 Å². The van der Waals surface area contributed by atoms with Crippen LogP contribution >= 0.6 is 15.9 Å². The molecule has 9 heteroatoms. The van der Waals surface area contributed by atoms with E-state index in [0.29, 0.717) is 36.3 Å². The second-order valence-corrected chi connectivity index (χ2v) is 8.32. The van der Waals surface area contributed by atoms with Gasteiger partial charge in [-0.2, -0.15) is 0 Å². The summed E-state index contributed by atoms with van der Waals surface area (Å²) in [5, 5.41) is 6.55. The fourth-order valence-corrected chi connectivity index (χ4v) is 3.61. The number of urea groups is 1. The van der Waals surface area contributed by atoms with E-state index < -0.39 is 0 Å². The molecule has 1 aliphatic rings. The molecule has 1 N–H and O–H groups in total. The van der Waals surface area contributed by atoms with E-state index in [-0.39, 0.29) is 11.9 Å². The predicted octanol–water partition coefficient (Wildman–Crippen LogP) is 5.29. The molecule has 1 saturated heterocycles. The first-order valence-electron chi connectivity index (χ1n) is 9.91. The monoisotopic (exact) mass is 483 g/mol. The Hall–Kier alpha value is -3.20. The minimum absolute atomic E-state index is 0.137. The lowest BCUT2D eigenvalue weighted by molar-refractivity contribution is 0.197. The fraction of sp³-hybridized carbons (Fsp3) is 0.273. The van der Waals surface area contributed by atoms with E-state index in [2.05, 4.69) is 49.4 Å². The van der Waals surface area contributed by atoms with Crippen LogP contribution in [0.25, 0.3) is 6.08 Å². The van der Waals surface area contributed by atoms with E-state index in [1.54, 1.807) is 19.3 Å². The fourth-order valence-electron chi connectivity index (χ4n) is 3.40. The van der Waals surface area contributed by atoms with Gasteiger partial charge in [-0.3, -0.25) is 0 Å². The highest BCUT2D eigenvalue weighted by Gasteiger charge is 2.25. The number of anilines is 1. The van der Waals surface area contributed by atoms with Crippen LogP contribution < -0.4 is 10.1 Å². The molecule has 0 bridgehead atoms. The molecule has 0 aliphatic carbocycles. The number of carbonyl (C=O) groups is 1. The zero-order valence-electron chi connectivity index (χ0n) is 17.2. The first kappa shape index (κ1) is 21.0. The van der Waals surface area contributed by atoms with Crippen LogP contribution in [-0.2, 0) is 0 Å². The minimum Gasteiger partial charge on any atom is -0.424 e. The summed E-state index contributed by atoms with van der Waals surface area (Å²) in [7, 11) is 0. The van der Waals surface area contributed by atoms with Crippen molar-refractivity contribution >= 4 is 33.7 Å². The zero-order valence-corrected chi connectivity index (χ0v) is 18.8. The Balaban J connectivity index is 1.40. The van der Waals surface area contributed by atoms with Crippen molar-refractivity contribution in [1.82, 2.24) is 20.0 Å². The molecule has 3 heterocycles. The summed E-state index contributed by atoms with van der Waals surface area (Å²) in [6, 6.07) is 7.96. The number of hydrogen-bond acceptors (Lipinski definition) is 6. The van der Waals surface area contributed by atoms with Gasteiger partial charge in [-0.1, -0.05) is 35.9 Å². The van der Waals surface area contributed by atoms with Gasteiger partial charge in [0.1, 0.15) is 11.4 Å². The Morgan fingerprint density at radius 2 is 2.13 bits per heavy atom. The molecular formula is C22H22BrN5O3. The molecular weight excluding hydrogens is 462 g/mol. The molecule has 31 heavy (non-hydrogen) atoms. The molecule has 1 aromatic carbocycles. The number of hydrogen-bond donors (Lipinski definition) is 1. The summed E-state index contributed by atoms with van der Waals surface area (Å²) in [6.07, 6.45) is 7.77. The largest absolute Gasteiger partial charge is 0.424 e. The van der Waals surface area contributed by atoms with Crippen LogP contribution in [0.5, 0.6) is 11.8 Å². The van der Waals surface area contributed by atoms with Crippen LogP contribution in [0.15, 0.2) is 57.4 Å². The Bertz CT molecular complexity index is 1100. The molecule has 0 radical (unpaired) electrons. The van der Waals surface area contributed by atoms with Crippen LogP contribution in [-0.4, -0.2) is 39.1 Å². The van der Waals surface area contributed by atoms with E-state index in [4.69, 9.17) is 9.26 Å². The maximum atomic E-state index is 12.6. The van der Waals surface area contributed by atoms with Crippen molar-refractivity contribution in [2.24, 2.45) is 5.92 Å². The van der Waals surface area contributed by atoms with Crippen molar-refractivity contribution in [2.75, 3.05) is 18.4 Å². The number of rotatable bonds is 4. The number of nitrogens with zero attached hydrogens (tertiary/aromatic N) is 4. The third kappa shape index (κ3) is 5.29. The van der Waals surface area contributed by atoms with Crippen molar-refractivity contribution in [2.45, 2.75) is 20.3 Å².